The fourth-order valence-corrected chi connectivity index (χ4v) is 4.20. The molecule has 1 fully saturated rings. The first-order chi connectivity index (χ1) is 10.4. The number of ether oxygens (including phenoxy) is 1. The predicted octanol–water partition coefficient (Wildman–Crippen LogP) is 4.30. The van der Waals surface area contributed by atoms with Crippen molar-refractivity contribution in [2.75, 3.05) is 5.75 Å². The number of hydrogen-bond donors (Lipinski definition) is 0. The van der Waals surface area contributed by atoms with E-state index in [1.807, 2.05) is 51.1 Å². The van der Waals surface area contributed by atoms with E-state index in [1.54, 1.807) is 11.8 Å². The van der Waals surface area contributed by atoms with Gasteiger partial charge >= 0.3 is 11.5 Å². The Morgan fingerprint density at radius 3 is 2.50 bits per heavy atom. The maximum atomic E-state index is 12.7. The number of nitrogens with zero attached hydrogens (tertiary/aromatic N) is 1. The number of benzene rings is 1. The monoisotopic (exact) mass is 317 g/mol. The van der Waals surface area contributed by atoms with Crippen molar-refractivity contribution in [3.63, 3.8) is 0 Å². The molecule has 0 bridgehead atoms. The third kappa shape index (κ3) is 3.15. The van der Waals surface area contributed by atoms with Gasteiger partial charge < -0.3 is 4.74 Å². The average Bonchev–Trinajstić information content (AvgIpc) is 3.13. The summed E-state index contributed by atoms with van der Waals surface area (Å²) in [4.78, 5) is 16.4. The van der Waals surface area contributed by atoms with E-state index in [1.165, 1.54) is 0 Å². The zero-order valence-corrected chi connectivity index (χ0v) is 14.4. The van der Waals surface area contributed by atoms with Gasteiger partial charge in [0.05, 0.1) is 5.92 Å². The molecule has 3 atom stereocenters. The zero-order valence-electron chi connectivity index (χ0n) is 13.6. The van der Waals surface area contributed by atoms with E-state index in [0.717, 1.165) is 17.7 Å². The van der Waals surface area contributed by atoms with Crippen molar-refractivity contribution in [2.45, 2.75) is 56.4 Å². The maximum Gasteiger partial charge on any atom is 0.395 e. The minimum Gasteiger partial charge on any atom is -0.454 e. The summed E-state index contributed by atoms with van der Waals surface area (Å²) < 4.78 is 5.55. The molecule has 1 aliphatic carbocycles. The molecule has 0 radical (unpaired) electrons. The van der Waals surface area contributed by atoms with E-state index >= 15 is 0 Å². The zero-order chi connectivity index (χ0) is 16.4. The Morgan fingerprint density at radius 1 is 1.36 bits per heavy atom. The van der Waals surface area contributed by atoms with Crippen molar-refractivity contribution in [3.05, 3.63) is 47.3 Å². The van der Waals surface area contributed by atoms with Gasteiger partial charge in [-0.05, 0) is 38.5 Å². The molecular formula is C18H23NO2S. The molecule has 0 amide bonds. The van der Waals surface area contributed by atoms with Gasteiger partial charge in [-0.25, -0.2) is 11.4 Å². The van der Waals surface area contributed by atoms with Crippen molar-refractivity contribution < 1.29 is 9.53 Å². The van der Waals surface area contributed by atoms with E-state index < -0.39 is 11.1 Å². The summed E-state index contributed by atoms with van der Waals surface area (Å²) in [6.45, 7) is 15.3. The number of hydrogen-bond acceptors (Lipinski definition) is 3. The molecule has 0 spiro atoms. The van der Waals surface area contributed by atoms with Gasteiger partial charge in [0.2, 0.25) is 0 Å². The number of thioether (sulfide) groups is 1. The van der Waals surface area contributed by atoms with Gasteiger partial charge in [0.15, 0.2) is 0 Å². The van der Waals surface area contributed by atoms with Crippen LogP contribution >= 0.6 is 11.8 Å². The minimum absolute atomic E-state index is 0.0119. The van der Waals surface area contributed by atoms with Crippen LogP contribution in [0, 0.1) is 6.57 Å². The fraction of sp³-hybridized carbons (Fsp3) is 0.556. The van der Waals surface area contributed by atoms with E-state index in [9.17, 15) is 4.79 Å². The summed E-state index contributed by atoms with van der Waals surface area (Å²) in [6, 6.07) is 9.87. The molecule has 0 unspecified atom stereocenters. The highest BCUT2D eigenvalue weighted by molar-refractivity contribution is 8.00. The molecular weight excluding hydrogens is 294 g/mol. The number of rotatable bonds is 5. The molecule has 0 saturated heterocycles. The van der Waals surface area contributed by atoms with Crippen LogP contribution in [0.15, 0.2) is 30.3 Å². The van der Waals surface area contributed by atoms with Crippen LogP contribution in [0.5, 0.6) is 0 Å². The molecule has 0 N–H and O–H groups in total. The molecule has 1 aromatic rings. The second kappa shape index (κ2) is 6.34. The molecule has 1 saturated carbocycles. The Labute approximate surface area is 137 Å². The Balaban J connectivity index is 2.31. The van der Waals surface area contributed by atoms with E-state index in [0.29, 0.717) is 0 Å². The summed E-state index contributed by atoms with van der Waals surface area (Å²) in [6.07, 6.45) is 1.03. The summed E-state index contributed by atoms with van der Waals surface area (Å²) in [5, 5.41) is -0.0119. The first kappa shape index (κ1) is 16.9. The van der Waals surface area contributed by atoms with Crippen LogP contribution in [-0.4, -0.2) is 28.1 Å². The lowest BCUT2D eigenvalue weighted by atomic mass is 10.1. The summed E-state index contributed by atoms with van der Waals surface area (Å²) in [5.74, 6) is 0.503. The molecule has 3 nitrogen and oxygen atoms in total. The van der Waals surface area contributed by atoms with E-state index in [2.05, 4.69) is 11.8 Å². The molecule has 4 heteroatoms. The van der Waals surface area contributed by atoms with Crippen molar-refractivity contribution >= 4 is 17.7 Å². The van der Waals surface area contributed by atoms with Crippen molar-refractivity contribution in [3.8, 4) is 0 Å². The predicted molar refractivity (Wildman–Crippen MR) is 90.9 cm³/mol. The topological polar surface area (TPSA) is 30.7 Å². The third-order valence-corrected chi connectivity index (χ3v) is 5.31. The Kier molecular flexibility index (Phi) is 4.87. The minimum atomic E-state index is -1.06. The second-order valence-corrected chi connectivity index (χ2v) is 7.87. The van der Waals surface area contributed by atoms with E-state index in [4.69, 9.17) is 11.3 Å². The molecule has 1 aliphatic rings. The maximum absolute atomic E-state index is 12.7. The lowest BCUT2D eigenvalue weighted by Crippen LogP contribution is -2.34. The highest BCUT2D eigenvalue weighted by atomic mass is 32.2. The number of carbonyl (C=O) groups is 1. The Morgan fingerprint density at radius 2 is 2.00 bits per heavy atom. The number of esters is 1. The average molecular weight is 317 g/mol. The van der Waals surface area contributed by atoms with Crippen molar-refractivity contribution in [1.82, 2.24) is 0 Å². The van der Waals surface area contributed by atoms with Gasteiger partial charge in [0.25, 0.3) is 0 Å². The molecule has 2 rings (SSSR count). The molecule has 1 aromatic carbocycles. The van der Waals surface area contributed by atoms with Crippen LogP contribution in [0.1, 0.15) is 45.6 Å². The van der Waals surface area contributed by atoms with Crippen molar-refractivity contribution in [2.24, 2.45) is 0 Å². The van der Waals surface area contributed by atoms with Crippen LogP contribution < -0.4 is 0 Å². The van der Waals surface area contributed by atoms with Crippen LogP contribution in [0.2, 0.25) is 0 Å². The summed E-state index contributed by atoms with van der Waals surface area (Å²) in [5.41, 5.74) is -0.578. The molecule has 0 aliphatic heterocycles. The van der Waals surface area contributed by atoms with Crippen LogP contribution in [0.25, 0.3) is 4.85 Å². The quantitative estimate of drug-likeness (QED) is 0.599. The van der Waals surface area contributed by atoms with Gasteiger partial charge in [0.1, 0.15) is 10.9 Å². The Bertz CT molecular complexity index is 573. The lowest BCUT2D eigenvalue weighted by Gasteiger charge is -2.20. The molecule has 22 heavy (non-hydrogen) atoms. The van der Waals surface area contributed by atoms with Crippen LogP contribution in [-0.2, 0) is 9.53 Å². The van der Waals surface area contributed by atoms with Gasteiger partial charge in [-0.1, -0.05) is 37.3 Å². The standard InChI is InChI=1S/C18H23NO2S/c1-6-12-22-15-14(13-10-8-7-9-11-13)18(15,19-5)16(20)21-17(2,3)4/h7-11,14-15H,6,12H2,1-4H3/t14-,15-,18+/m0/s1. The van der Waals surface area contributed by atoms with Gasteiger partial charge in [0, 0.05) is 0 Å². The normalized spacial score (nSPS) is 27.0. The van der Waals surface area contributed by atoms with E-state index in [-0.39, 0.29) is 17.1 Å². The van der Waals surface area contributed by atoms with Gasteiger partial charge in [-0.2, -0.15) is 0 Å². The number of carbonyl (C=O) groups excluding carboxylic acids is 1. The van der Waals surface area contributed by atoms with Crippen LogP contribution in [0.3, 0.4) is 0 Å². The summed E-state index contributed by atoms with van der Waals surface area (Å²) >= 11 is 1.72. The Hall–Kier alpha value is -1.47. The smallest absolute Gasteiger partial charge is 0.395 e. The van der Waals surface area contributed by atoms with Crippen molar-refractivity contribution in [1.29, 1.82) is 0 Å². The van der Waals surface area contributed by atoms with Gasteiger partial charge in [-0.15, -0.1) is 11.8 Å². The first-order valence-corrected chi connectivity index (χ1v) is 8.70. The highest BCUT2D eigenvalue weighted by Gasteiger charge is 2.80. The van der Waals surface area contributed by atoms with Crippen LogP contribution in [0.4, 0.5) is 0 Å². The molecule has 118 valence electrons. The highest BCUT2D eigenvalue weighted by Crippen LogP contribution is 2.62. The van der Waals surface area contributed by atoms with Gasteiger partial charge in [-0.3, -0.25) is 4.85 Å². The molecule has 0 heterocycles. The first-order valence-electron chi connectivity index (χ1n) is 7.65. The lowest BCUT2D eigenvalue weighted by molar-refractivity contribution is -0.156. The SMILES string of the molecule is [C-]#[N+][C@@]1(C(=O)OC(C)(C)C)[C@@H](SCCC)[C@@H]1c1ccccc1. The molecule has 0 aromatic heterocycles. The second-order valence-electron chi connectivity index (χ2n) is 6.62. The largest absolute Gasteiger partial charge is 0.454 e. The third-order valence-electron chi connectivity index (χ3n) is 3.67. The summed E-state index contributed by atoms with van der Waals surface area (Å²) in [7, 11) is 0. The fourth-order valence-electron chi connectivity index (χ4n) is 2.68.